The Kier molecular flexibility index (Phi) is 8.03. The zero-order valence-corrected chi connectivity index (χ0v) is 12.6. The monoisotopic (exact) mass is 290 g/mol. The van der Waals surface area contributed by atoms with E-state index in [1.807, 2.05) is 0 Å². The van der Waals surface area contributed by atoms with Gasteiger partial charge >= 0.3 is 0 Å². The molecular weight excluding hydrogens is 270 g/mol. The first kappa shape index (κ1) is 16.1. The first-order valence-electron chi connectivity index (χ1n) is 4.71. The summed E-state index contributed by atoms with van der Waals surface area (Å²) in [4.78, 5) is 18.7. The molecule has 0 heterocycles. The molecule has 8 heteroatoms. The van der Waals surface area contributed by atoms with E-state index in [2.05, 4.69) is 10.6 Å². The molecule has 0 saturated heterocycles. The highest BCUT2D eigenvalue weighted by atomic mass is 32.4. The van der Waals surface area contributed by atoms with Gasteiger partial charge in [-0.25, -0.2) is 0 Å². The molecule has 0 aliphatic carbocycles. The van der Waals surface area contributed by atoms with Crippen LogP contribution in [0.2, 0.25) is 0 Å². The highest BCUT2D eigenvalue weighted by molar-refractivity contribution is 8.11. The van der Waals surface area contributed by atoms with Crippen molar-refractivity contribution in [3.05, 3.63) is 0 Å². The van der Waals surface area contributed by atoms with E-state index in [4.69, 9.17) is 23.6 Å². The molecule has 0 amide bonds. The molecule has 0 aliphatic heterocycles. The van der Waals surface area contributed by atoms with E-state index < -0.39 is 12.5 Å². The molecule has 2 unspecified atom stereocenters. The van der Waals surface area contributed by atoms with Crippen molar-refractivity contribution in [3.63, 3.8) is 0 Å². The Bertz CT molecular complexity index is 238. The van der Waals surface area contributed by atoms with Crippen molar-refractivity contribution in [1.82, 2.24) is 10.6 Å². The van der Waals surface area contributed by atoms with Gasteiger partial charge in [-0.05, 0) is 32.8 Å². The minimum atomic E-state index is -2.10. The summed E-state index contributed by atoms with van der Waals surface area (Å²) in [6, 6.07) is 0. The SMILES string of the molecule is CP(O)(=S)CNCCCNCP(C)(O)=S. The third-order valence-electron chi connectivity index (χ3n) is 1.52. The van der Waals surface area contributed by atoms with Crippen LogP contribution >= 0.6 is 12.5 Å². The third kappa shape index (κ3) is 15.1. The number of hydrogen-bond acceptors (Lipinski definition) is 4. The minimum Gasteiger partial charge on any atom is -0.364 e. The van der Waals surface area contributed by atoms with Gasteiger partial charge in [-0.1, -0.05) is 23.6 Å². The lowest BCUT2D eigenvalue weighted by Gasteiger charge is -2.12. The Morgan fingerprint density at radius 3 is 1.53 bits per heavy atom. The van der Waals surface area contributed by atoms with Crippen molar-refractivity contribution in [1.29, 1.82) is 0 Å². The molecule has 0 fully saturated rings. The van der Waals surface area contributed by atoms with Crippen LogP contribution in [0.1, 0.15) is 6.42 Å². The summed E-state index contributed by atoms with van der Waals surface area (Å²) in [7, 11) is 0. The standard InChI is InChI=1S/C7H20N2O2P2S2/c1-12(10,14)6-8-4-3-5-9-7-13(2,11)15/h8-9H,3-7H2,1-2H3,(H,10,14)(H,11,15). The molecule has 2 atom stereocenters. The van der Waals surface area contributed by atoms with Crippen LogP contribution in [0, 0.1) is 0 Å². The fourth-order valence-corrected chi connectivity index (χ4v) is 2.61. The topological polar surface area (TPSA) is 64.5 Å². The van der Waals surface area contributed by atoms with Gasteiger partial charge in [0.1, 0.15) is 0 Å². The molecular formula is C7H20N2O2P2S2. The lowest BCUT2D eigenvalue weighted by atomic mass is 10.4. The molecule has 15 heavy (non-hydrogen) atoms. The van der Waals surface area contributed by atoms with Crippen LogP contribution in [-0.2, 0) is 23.6 Å². The van der Waals surface area contributed by atoms with Crippen molar-refractivity contribution in [2.45, 2.75) is 6.42 Å². The van der Waals surface area contributed by atoms with Crippen LogP contribution < -0.4 is 10.6 Å². The molecule has 0 radical (unpaired) electrons. The van der Waals surface area contributed by atoms with E-state index in [1.165, 1.54) is 0 Å². The summed E-state index contributed by atoms with van der Waals surface area (Å²) < 4.78 is 0. The van der Waals surface area contributed by atoms with Crippen LogP contribution in [0.4, 0.5) is 0 Å². The average molecular weight is 290 g/mol. The van der Waals surface area contributed by atoms with Crippen molar-refractivity contribution >= 4 is 36.1 Å². The van der Waals surface area contributed by atoms with E-state index in [1.54, 1.807) is 13.3 Å². The van der Waals surface area contributed by atoms with Gasteiger partial charge in [-0.15, -0.1) is 0 Å². The summed E-state index contributed by atoms with van der Waals surface area (Å²) in [5.74, 6) is 0. The highest BCUT2D eigenvalue weighted by Gasteiger charge is 2.03. The maximum atomic E-state index is 9.33. The van der Waals surface area contributed by atoms with Crippen molar-refractivity contribution in [2.75, 3.05) is 39.0 Å². The molecule has 0 rings (SSSR count). The van der Waals surface area contributed by atoms with Crippen LogP contribution in [0.5, 0.6) is 0 Å². The molecule has 0 bridgehead atoms. The predicted octanol–water partition coefficient (Wildman–Crippen LogP) is 0.504. The van der Waals surface area contributed by atoms with Gasteiger partial charge < -0.3 is 20.4 Å². The molecule has 0 spiro atoms. The highest BCUT2D eigenvalue weighted by Crippen LogP contribution is 2.33. The van der Waals surface area contributed by atoms with Crippen LogP contribution in [0.15, 0.2) is 0 Å². The third-order valence-corrected chi connectivity index (χ3v) is 3.91. The lowest BCUT2D eigenvalue weighted by Crippen LogP contribution is -2.23. The van der Waals surface area contributed by atoms with Gasteiger partial charge in [0.2, 0.25) is 0 Å². The maximum absolute atomic E-state index is 9.33. The van der Waals surface area contributed by atoms with Crippen molar-refractivity contribution in [2.24, 2.45) is 0 Å². The van der Waals surface area contributed by atoms with Gasteiger partial charge in [-0.2, -0.15) is 0 Å². The van der Waals surface area contributed by atoms with Crippen LogP contribution in [0.25, 0.3) is 0 Å². The van der Waals surface area contributed by atoms with E-state index >= 15 is 0 Å². The number of hydrogen-bond donors (Lipinski definition) is 4. The van der Waals surface area contributed by atoms with E-state index in [0.29, 0.717) is 12.6 Å². The molecule has 0 aromatic carbocycles. The predicted molar refractivity (Wildman–Crippen MR) is 75.2 cm³/mol. The first-order valence-corrected chi connectivity index (χ1v) is 11.5. The lowest BCUT2D eigenvalue weighted by molar-refractivity contribution is 0.595. The largest absolute Gasteiger partial charge is 0.364 e. The molecule has 92 valence electrons. The van der Waals surface area contributed by atoms with Gasteiger partial charge in [-0.3, -0.25) is 0 Å². The molecule has 0 aromatic heterocycles. The zero-order chi connectivity index (χ0) is 11.9. The van der Waals surface area contributed by atoms with Crippen molar-refractivity contribution < 1.29 is 9.79 Å². The second-order valence-corrected chi connectivity index (χ2v) is 13.3. The molecule has 0 saturated carbocycles. The molecule has 0 aliphatic rings. The Morgan fingerprint density at radius 1 is 0.933 bits per heavy atom. The normalized spacial score (nSPS) is 19.5. The average Bonchev–Trinajstić information content (AvgIpc) is 1.98. The van der Waals surface area contributed by atoms with Crippen LogP contribution in [-0.4, -0.2) is 48.8 Å². The van der Waals surface area contributed by atoms with Gasteiger partial charge in [0.25, 0.3) is 0 Å². The van der Waals surface area contributed by atoms with Crippen molar-refractivity contribution in [3.8, 4) is 0 Å². The first-order chi connectivity index (χ1) is 6.71. The fourth-order valence-electron chi connectivity index (χ4n) is 0.911. The van der Waals surface area contributed by atoms with Gasteiger partial charge in [0, 0.05) is 12.6 Å². The Hall–Kier alpha value is 1.14. The van der Waals surface area contributed by atoms with E-state index in [9.17, 15) is 9.79 Å². The van der Waals surface area contributed by atoms with Gasteiger partial charge in [0.15, 0.2) is 0 Å². The summed E-state index contributed by atoms with van der Waals surface area (Å²) in [6.07, 6.45) is -2.22. The summed E-state index contributed by atoms with van der Waals surface area (Å²) in [5.41, 5.74) is 0. The Morgan fingerprint density at radius 2 is 1.27 bits per heavy atom. The van der Waals surface area contributed by atoms with E-state index in [0.717, 1.165) is 19.5 Å². The zero-order valence-electron chi connectivity index (χ0n) is 9.14. The minimum absolute atomic E-state index is 0.522. The summed E-state index contributed by atoms with van der Waals surface area (Å²) in [5, 5.41) is 6.20. The maximum Gasteiger partial charge on any atom is 0.0737 e. The smallest absolute Gasteiger partial charge is 0.0737 e. The Labute approximate surface area is 102 Å². The molecule has 4 N–H and O–H groups in total. The fraction of sp³-hybridized carbons (Fsp3) is 1.00. The second-order valence-electron chi connectivity index (χ2n) is 3.77. The number of rotatable bonds is 8. The van der Waals surface area contributed by atoms with Crippen LogP contribution in [0.3, 0.4) is 0 Å². The Balaban J connectivity index is 3.27. The summed E-state index contributed by atoms with van der Waals surface area (Å²) >= 11 is 9.76. The molecule has 4 nitrogen and oxygen atoms in total. The second kappa shape index (κ2) is 7.46. The van der Waals surface area contributed by atoms with Gasteiger partial charge in [0.05, 0.1) is 12.5 Å². The quantitative estimate of drug-likeness (QED) is 0.386. The van der Waals surface area contributed by atoms with E-state index in [-0.39, 0.29) is 0 Å². The number of nitrogens with one attached hydrogen (secondary N) is 2. The summed E-state index contributed by atoms with van der Waals surface area (Å²) in [6.45, 7) is 5.04. The molecule has 0 aromatic rings.